The van der Waals surface area contributed by atoms with Crippen LogP contribution in [-0.2, 0) is 13.0 Å². The number of pyridine rings is 2. The van der Waals surface area contributed by atoms with Gasteiger partial charge in [0, 0.05) is 41.7 Å². The Labute approximate surface area is 192 Å². The first-order valence-corrected chi connectivity index (χ1v) is 11.0. The van der Waals surface area contributed by atoms with Gasteiger partial charge in [0.15, 0.2) is 0 Å². The summed E-state index contributed by atoms with van der Waals surface area (Å²) in [5.74, 6) is 0.793. The maximum atomic E-state index is 13.0. The highest BCUT2D eigenvalue weighted by atomic mass is 19.1. The van der Waals surface area contributed by atoms with Gasteiger partial charge in [-0.1, -0.05) is 0 Å². The SMILES string of the molecule is O=C(O)N1C2CCC1c1c(oc3cc(-n4ccc(OCc5ccc(F)cn5)cc4=O)ccc13)C2. The van der Waals surface area contributed by atoms with Crippen LogP contribution >= 0.6 is 0 Å². The Morgan fingerprint density at radius 1 is 1.21 bits per heavy atom. The third kappa shape index (κ3) is 3.32. The van der Waals surface area contributed by atoms with E-state index in [0.717, 1.165) is 35.7 Å². The summed E-state index contributed by atoms with van der Waals surface area (Å²) in [6, 6.07) is 11.2. The van der Waals surface area contributed by atoms with E-state index in [4.69, 9.17) is 9.15 Å². The molecule has 3 aromatic heterocycles. The van der Waals surface area contributed by atoms with Gasteiger partial charge < -0.3 is 14.3 Å². The maximum absolute atomic E-state index is 13.0. The van der Waals surface area contributed by atoms with Gasteiger partial charge in [-0.15, -0.1) is 0 Å². The van der Waals surface area contributed by atoms with Crippen LogP contribution in [0.3, 0.4) is 0 Å². The number of ether oxygens (including phenoxy) is 1. The van der Waals surface area contributed by atoms with Gasteiger partial charge in [-0.05, 0) is 43.2 Å². The van der Waals surface area contributed by atoms with E-state index in [1.807, 2.05) is 12.1 Å². The Hall–Kier alpha value is -4.14. The highest BCUT2D eigenvalue weighted by Crippen LogP contribution is 2.47. The topological polar surface area (TPSA) is 97.8 Å². The smallest absolute Gasteiger partial charge is 0.408 e. The van der Waals surface area contributed by atoms with Gasteiger partial charge in [0.05, 0.1) is 23.6 Å². The van der Waals surface area contributed by atoms with Crippen LogP contribution in [0.4, 0.5) is 9.18 Å². The minimum Gasteiger partial charge on any atom is -0.487 e. The van der Waals surface area contributed by atoms with E-state index < -0.39 is 11.9 Å². The van der Waals surface area contributed by atoms with E-state index in [0.29, 0.717) is 29.1 Å². The number of hydrogen-bond donors (Lipinski definition) is 1. The van der Waals surface area contributed by atoms with Crippen molar-refractivity contribution in [3.05, 3.63) is 88.0 Å². The second-order valence-corrected chi connectivity index (χ2v) is 8.59. The summed E-state index contributed by atoms with van der Waals surface area (Å²) >= 11 is 0. The standard InChI is InChI=1S/C25H20FN3O5/c26-14-1-2-15(27-12-14)13-33-18-7-8-28(23(30)11-18)16-3-5-19-21(9-16)34-22-10-17-4-6-20(24(19)22)29(17)25(31)32/h1-3,5,7-9,11-12,17,20H,4,6,10,13H2,(H,31,32). The Kier molecular flexibility index (Phi) is 4.65. The summed E-state index contributed by atoms with van der Waals surface area (Å²) in [6.07, 6.45) is 4.03. The lowest BCUT2D eigenvalue weighted by molar-refractivity contribution is 0.114. The van der Waals surface area contributed by atoms with Gasteiger partial charge in [0.1, 0.15) is 29.5 Å². The van der Waals surface area contributed by atoms with E-state index >= 15 is 0 Å². The number of hydrogen-bond acceptors (Lipinski definition) is 5. The molecule has 0 radical (unpaired) electrons. The minimum atomic E-state index is -0.895. The second-order valence-electron chi connectivity index (χ2n) is 8.59. The van der Waals surface area contributed by atoms with Crippen LogP contribution in [0, 0.1) is 5.82 Å². The first-order valence-electron chi connectivity index (χ1n) is 11.0. The summed E-state index contributed by atoms with van der Waals surface area (Å²) in [4.78, 5) is 30.0. The number of halogens is 1. The molecule has 2 bridgehead atoms. The monoisotopic (exact) mass is 461 g/mol. The number of furan rings is 1. The lowest BCUT2D eigenvalue weighted by atomic mass is 9.97. The molecule has 2 atom stereocenters. The predicted molar refractivity (Wildman–Crippen MR) is 120 cm³/mol. The van der Waals surface area contributed by atoms with Crippen molar-refractivity contribution in [1.82, 2.24) is 14.5 Å². The summed E-state index contributed by atoms with van der Waals surface area (Å²) in [7, 11) is 0. The highest BCUT2D eigenvalue weighted by molar-refractivity contribution is 5.86. The molecule has 2 unspecified atom stereocenters. The zero-order chi connectivity index (χ0) is 23.4. The van der Waals surface area contributed by atoms with Crippen molar-refractivity contribution in [1.29, 1.82) is 0 Å². The molecule has 9 heteroatoms. The average molecular weight is 461 g/mol. The van der Waals surface area contributed by atoms with Crippen molar-refractivity contribution in [2.75, 3.05) is 0 Å². The quantitative estimate of drug-likeness (QED) is 0.483. The first-order chi connectivity index (χ1) is 16.5. The maximum Gasteiger partial charge on any atom is 0.408 e. The number of fused-ring (bicyclic) bond motifs is 6. The molecule has 6 rings (SSSR count). The zero-order valence-electron chi connectivity index (χ0n) is 18.0. The molecule has 1 saturated heterocycles. The minimum absolute atomic E-state index is 0.0460. The van der Waals surface area contributed by atoms with Crippen molar-refractivity contribution in [3.8, 4) is 11.4 Å². The van der Waals surface area contributed by atoms with Crippen molar-refractivity contribution in [2.45, 2.75) is 38.0 Å². The number of amides is 1. The molecule has 5 heterocycles. The number of rotatable bonds is 4. The first kappa shape index (κ1) is 20.5. The molecular weight excluding hydrogens is 441 g/mol. The number of nitrogens with zero attached hydrogens (tertiary/aromatic N) is 3. The molecule has 0 aliphatic carbocycles. The van der Waals surface area contributed by atoms with E-state index in [1.54, 1.807) is 23.2 Å². The number of carbonyl (C=O) groups is 1. The van der Waals surface area contributed by atoms with Gasteiger partial charge in [-0.25, -0.2) is 9.18 Å². The van der Waals surface area contributed by atoms with Crippen LogP contribution < -0.4 is 10.3 Å². The molecule has 4 aromatic rings. The van der Waals surface area contributed by atoms with Gasteiger partial charge in [0.2, 0.25) is 0 Å². The van der Waals surface area contributed by atoms with Gasteiger partial charge in [-0.3, -0.25) is 19.2 Å². The molecule has 34 heavy (non-hydrogen) atoms. The van der Waals surface area contributed by atoms with Crippen LogP contribution in [0.2, 0.25) is 0 Å². The fourth-order valence-corrected chi connectivity index (χ4v) is 5.11. The largest absolute Gasteiger partial charge is 0.487 e. The van der Waals surface area contributed by atoms with Gasteiger partial charge in [-0.2, -0.15) is 0 Å². The van der Waals surface area contributed by atoms with Crippen molar-refractivity contribution in [3.63, 3.8) is 0 Å². The lowest BCUT2D eigenvalue weighted by Crippen LogP contribution is -2.40. The van der Waals surface area contributed by atoms with E-state index in [2.05, 4.69) is 4.98 Å². The molecule has 2 aliphatic heterocycles. The van der Waals surface area contributed by atoms with E-state index in [-0.39, 0.29) is 24.2 Å². The molecule has 1 N–H and O–H groups in total. The predicted octanol–water partition coefficient (Wildman–Crippen LogP) is 4.44. The van der Waals surface area contributed by atoms with Crippen molar-refractivity contribution >= 4 is 17.1 Å². The highest BCUT2D eigenvalue weighted by Gasteiger charge is 2.45. The average Bonchev–Trinajstić information content (AvgIpc) is 3.35. The fourth-order valence-electron chi connectivity index (χ4n) is 5.11. The molecular formula is C25H20FN3O5. The number of aromatic nitrogens is 2. The Morgan fingerprint density at radius 3 is 2.85 bits per heavy atom. The molecule has 0 saturated carbocycles. The summed E-state index contributed by atoms with van der Waals surface area (Å²) < 4.78 is 26.2. The molecule has 2 aliphatic rings. The van der Waals surface area contributed by atoms with Crippen LogP contribution in [0.5, 0.6) is 5.75 Å². The fraction of sp³-hybridized carbons (Fsp3) is 0.240. The number of carboxylic acid groups (broad SMARTS) is 1. The molecule has 0 spiro atoms. The van der Waals surface area contributed by atoms with Crippen LogP contribution in [0.1, 0.15) is 35.9 Å². The Morgan fingerprint density at radius 2 is 2.09 bits per heavy atom. The number of benzene rings is 1. The third-order valence-corrected chi connectivity index (χ3v) is 6.61. The molecule has 172 valence electrons. The summed E-state index contributed by atoms with van der Waals surface area (Å²) in [6.45, 7) is 0.114. The van der Waals surface area contributed by atoms with Gasteiger partial charge >= 0.3 is 6.09 Å². The van der Waals surface area contributed by atoms with E-state index in [1.165, 1.54) is 22.8 Å². The lowest BCUT2D eigenvalue weighted by Gasteiger charge is -2.31. The molecule has 8 nitrogen and oxygen atoms in total. The zero-order valence-corrected chi connectivity index (χ0v) is 18.0. The third-order valence-electron chi connectivity index (χ3n) is 6.61. The normalized spacial score (nSPS) is 18.8. The summed E-state index contributed by atoms with van der Waals surface area (Å²) in [5, 5.41) is 10.5. The molecule has 1 aromatic carbocycles. The molecule has 1 fully saturated rings. The Balaban J connectivity index is 1.28. The van der Waals surface area contributed by atoms with Crippen LogP contribution in [-0.4, -0.2) is 31.7 Å². The van der Waals surface area contributed by atoms with E-state index in [9.17, 15) is 19.1 Å². The van der Waals surface area contributed by atoms with Crippen LogP contribution in [0.25, 0.3) is 16.7 Å². The van der Waals surface area contributed by atoms with Crippen molar-refractivity contribution in [2.24, 2.45) is 0 Å². The van der Waals surface area contributed by atoms with Crippen molar-refractivity contribution < 1.29 is 23.4 Å². The summed E-state index contributed by atoms with van der Waals surface area (Å²) in [5.41, 5.74) is 2.48. The second kappa shape index (κ2) is 7.72. The van der Waals surface area contributed by atoms with Crippen LogP contribution in [0.15, 0.2) is 64.1 Å². The van der Waals surface area contributed by atoms with Gasteiger partial charge in [0.25, 0.3) is 5.56 Å². The molecule has 1 amide bonds. The Bertz CT molecular complexity index is 1480.